The fourth-order valence-corrected chi connectivity index (χ4v) is 1.94. The molecule has 1 N–H and O–H groups in total. The predicted molar refractivity (Wildman–Crippen MR) is 75.5 cm³/mol. The molecule has 2 heterocycles. The average Bonchev–Trinajstić information content (AvgIpc) is 2.87. The number of para-hydroxylation sites is 2. The summed E-state index contributed by atoms with van der Waals surface area (Å²) in [5.41, 5.74) is 3.60. The third-order valence-corrected chi connectivity index (χ3v) is 2.96. The molecule has 96 valence electrons. The van der Waals surface area contributed by atoms with Crippen molar-refractivity contribution in [3.63, 3.8) is 0 Å². The van der Waals surface area contributed by atoms with Crippen LogP contribution in [-0.2, 0) is 6.54 Å². The summed E-state index contributed by atoms with van der Waals surface area (Å²) < 4.78 is 1.87. The average molecular weight is 253 g/mol. The van der Waals surface area contributed by atoms with Crippen molar-refractivity contribution in [2.75, 3.05) is 5.32 Å². The van der Waals surface area contributed by atoms with Gasteiger partial charge < -0.3 is 5.32 Å². The second kappa shape index (κ2) is 4.68. The standard InChI is InChI=1S/C14H15N5/c1-3-19-9-11(8-15-19)17-14-10(2)16-12-6-4-5-7-13(12)18-14/h4-9H,3H2,1-2H3,(H,17,18). The third-order valence-electron chi connectivity index (χ3n) is 2.96. The van der Waals surface area contributed by atoms with Gasteiger partial charge in [0.05, 0.1) is 28.6 Å². The molecule has 1 aromatic carbocycles. The van der Waals surface area contributed by atoms with Gasteiger partial charge in [0.1, 0.15) is 0 Å². The highest BCUT2D eigenvalue weighted by atomic mass is 15.3. The minimum atomic E-state index is 0.773. The topological polar surface area (TPSA) is 55.6 Å². The zero-order valence-corrected chi connectivity index (χ0v) is 11.0. The van der Waals surface area contributed by atoms with Crippen molar-refractivity contribution >= 4 is 22.5 Å². The molecule has 2 aromatic heterocycles. The molecule has 0 amide bonds. The van der Waals surface area contributed by atoms with Gasteiger partial charge >= 0.3 is 0 Å². The summed E-state index contributed by atoms with van der Waals surface area (Å²) in [6.45, 7) is 4.86. The predicted octanol–water partition coefficient (Wildman–Crippen LogP) is 2.90. The first-order valence-electron chi connectivity index (χ1n) is 6.29. The van der Waals surface area contributed by atoms with Gasteiger partial charge in [-0.2, -0.15) is 5.10 Å². The zero-order chi connectivity index (χ0) is 13.2. The van der Waals surface area contributed by atoms with Gasteiger partial charge in [0.2, 0.25) is 0 Å². The van der Waals surface area contributed by atoms with Crippen LogP contribution in [0.15, 0.2) is 36.7 Å². The van der Waals surface area contributed by atoms with Gasteiger partial charge in [-0.3, -0.25) is 4.68 Å². The van der Waals surface area contributed by atoms with Crippen LogP contribution < -0.4 is 5.32 Å². The number of anilines is 2. The first-order valence-corrected chi connectivity index (χ1v) is 6.29. The first-order chi connectivity index (χ1) is 9.26. The van der Waals surface area contributed by atoms with Crippen LogP contribution in [0.5, 0.6) is 0 Å². The van der Waals surface area contributed by atoms with E-state index in [0.717, 1.165) is 34.8 Å². The largest absolute Gasteiger partial charge is 0.336 e. The van der Waals surface area contributed by atoms with Crippen molar-refractivity contribution in [3.05, 3.63) is 42.4 Å². The summed E-state index contributed by atoms with van der Waals surface area (Å²) in [7, 11) is 0. The summed E-state index contributed by atoms with van der Waals surface area (Å²) >= 11 is 0. The van der Waals surface area contributed by atoms with Crippen molar-refractivity contribution < 1.29 is 0 Å². The molecule has 0 aliphatic heterocycles. The number of fused-ring (bicyclic) bond motifs is 1. The van der Waals surface area contributed by atoms with E-state index in [2.05, 4.69) is 27.3 Å². The Morgan fingerprint density at radius 1 is 1.16 bits per heavy atom. The van der Waals surface area contributed by atoms with E-state index < -0.39 is 0 Å². The maximum Gasteiger partial charge on any atom is 0.152 e. The minimum absolute atomic E-state index is 0.773. The molecular formula is C14H15N5. The molecule has 19 heavy (non-hydrogen) atoms. The SMILES string of the molecule is CCn1cc(Nc2nc3ccccc3nc2C)cn1. The normalized spacial score (nSPS) is 10.8. The summed E-state index contributed by atoms with van der Waals surface area (Å²) in [5.74, 6) is 0.773. The van der Waals surface area contributed by atoms with E-state index in [9.17, 15) is 0 Å². The third kappa shape index (κ3) is 2.27. The quantitative estimate of drug-likeness (QED) is 0.779. The van der Waals surface area contributed by atoms with E-state index in [-0.39, 0.29) is 0 Å². The number of rotatable bonds is 3. The molecule has 0 saturated heterocycles. The van der Waals surface area contributed by atoms with E-state index >= 15 is 0 Å². The lowest BCUT2D eigenvalue weighted by Gasteiger charge is -2.07. The van der Waals surface area contributed by atoms with E-state index in [1.807, 2.05) is 42.1 Å². The molecule has 0 spiro atoms. The van der Waals surface area contributed by atoms with Gasteiger partial charge in [0.25, 0.3) is 0 Å². The smallest absolute Gasteiger partial charge is 0.152 e. The number of nitrogens with zero attached hydrogens (tertiary/aromatic N) is 4. The Bertz CT molecular complexity index is 717. The van der Waals surface area contributed by atoms with Crippen LogP contribution in [0.1, 0.15) is 12.6 Å². The second-order valence-corrected chi connectivity index (χ2v) is 4.36. The maximum absolute atomic E-state index is 4.59. The van der Waals surface area contributed by atoms with Crippen molar-refractivity contribution in [2.45, 2.75) is 20.4 Å². The van der Waals surface area contributed by atoms with Gasteiger partial charge in [-0.25, -0.2) is 9.97 Å². The van der Waals surface area contributed by atoms with Gasteiger partial charge in [0.15, 0.2) is 5.82 Å². The molecule has 5 nitrogen and oxygen atoms in total. The molecule has 3 aromatic rings. The van der Waals surface area contributed by atoms with Gasteiger partial charge in [-0.15, -0.1) is 0 Å². The Labute approximate surface area is 111 Å². The summed E-state index contributed by atoms with van der Waals surface area (Å²) in [6.07, 6.45) is 3.75. The Kier molecular flexibility index (Phi) is 2.87. The highest BCUT2D eigenvalue weighted by Crippen LogP contribution is 2.19. The van der Waals surface area contributed by atoms with Crippen LogP contribution in [0.3, 0.4) is 0 Å². The fraction of sp³-hybridized carbons (Fsp3) is 0.214. The van der Waals surface area contributed by atoms with Crippen LogP contribution in [0.4, 0.5) is 11.5 Å². The van der Waals surface area contributed by atoms with Crippen LogP contribution >= 0.6 is 0 Å². The van der Waals surface area contributed by atoms with E-state index in [1.54, 1.807) is 6.20 Å². The van der Waals surface area contributed by atoms with Crippen molar-refractivity contribution in [3.8, 4) is 0 Å². The number of hydrogen-bond donors (Lipinski definition) is 1. The van der Waals surface area contributed by atoms with Crippen LogP contribution in [0.2, 0.25) is 0 Å². The van der Waals surface area contributed by atoms with Crippen molar-refractivity contribution in [2.24, 2.45) is 0 Å². The Hall–Kier alpha value is -2.43. The number of nitrogens with one attached hydrogen (secondary N) is 1. The Morgan fingerprint density at radius 3 is 2.58 bits per heavy atom. The molecule has 0 fully saturated rings. The fourth-order valence-electron chi connectivity index (χ4n) is 1.94. The lowest BCUT2D eigenvalue weighted by Crippen LogP contribution is -1.99. The summed E-state index contributed by atoms with van der Waals surface area (Å²) in [4.78, 5) is 9.14. The highest BCUT2D eigenvalue weighted by Gasteiger charge is 2.06. The van der Waals surface area contributed by atoms with Crippen molar-refractivity contribution in [1.29, 1.82) is 0 Å². The van der Waals surface area contributed by atoms with Crippen LogP contribution in [0, 0.1) is 6.92 Å². The zero-order valence-electron chi connectivity index (χ0n) is 11.0. The molecular weight excluding hydrogens is 238 g/mol. The number of hydrogen-bond acceptors (Lipinski definition) is 4. The summed E-state index contributed by atoms with van der Waals surface area (Å²) in [6, 6.07) is 7.86. The molecule has 0 aliphatic rings. The molecule has 3 rings (SSSR count). The van der Waals surface area contributed by atoms with Gasteiger partial charge in [-0.1, -0.05) is 12.1 Å². The molecule has 0 saturated carbocycles. The highest BCUT2D eigenvalue weighted by molar-refractivity contribution is 5.77. The minimum Gasteiger partial charge on any atom is -0.336 e. The lowest BCUT2D eigenvalue weighted by atomic mass is 10.3. The van der Waals surface area contributed by atoms with E-state index in [0.29, 0.717) is 0 Å². The van der Waals surface area contributed by atoms with Crippen LogP contribution in [-0.4, -0.2) is 19.7 Å². The van der Waals surface area contributed by atoms with Crippen LogP contribution in [0.25, 0.3) is 11.0 Å². The molecule has 0 radical (unpaired) electrons. The molecule has 0 atom stereocenters. The lowest BCUT2D eigenvalue weighted by molar-refractivity contribution is 0.660. The van der Waals surface area contributed by atoms with Gasteiger partial charge in [-0.05, 0) is 26.0 Å². The molecule has 5 heteroatoms. The maximum atomic E-state index is 4.59. The monoisotopic (exact) mass is 253 g/mol. The Balaban J connectivity index is 1.97. The Morgan fingerprint density at radius 2 is 1.89 bits per heavy atom. The van der Waals surface area contributed by atoms with Crippen molar-refractivity contribution in [1.82, 2.24) is 19.7 Å². The number of aromatic nitrogens is 4. The second-order valence-electron chi connectivity index (χ2n) is 4.36. The number of aryl methyl sites for hydroxylation is 2. The van der Waals surface area contributed by atoms with E-state index in [4.69, 9.17) is 0 Å². The summed E-state index contributed by atoms with van der Waals surface area (Å²) in [5, 5.41) is 7.49. The molecule has 0 bridgehead atoms. The van der Waals surface area contributed by atoms with E-state index in [1.165, 1.54) is 0 Å². The van der Waals surface area contributed by atoms with Gasteiger partial charge in [0, 0.05) is 12.7 Å². The molecule has 0 aliphatic carbocycles. The number of benzene rings is 1. The molecule has 0 unspecified atom stereocenters. The first kappa shape index (κ1) is 11.6.